The Morgan fingerprint density at radius 2 is 1.96 bits per heavy atom. The molecule has 0 unspecified atom stereocenters. The first-order chi connectivity index (χ1) is 12.8. The number of esters is 1. The van der Waals surface area contributed by atoms with E-state index < -0.39 is 10.0 Å². The first-order valence-corrected chi connectivity index (χ1v) is 11.1. The molecule has 150 valence electrons. The van der Waals surface area contributed by atoms with Crippen molar-refractivity contribution < 1.29 is 22.7 Å². The van der Waals surface area contributed by atoms with Gasteiger partial charge >= 0.3 is 5.97 Å². The molecule has 1 aromatic rings. The lowest BCUT2D eigenvalue weighted by Crippen LogP contribution is -2.41. The van der Waals surface area contributed by atoms with Gasteiger partial charge in [0.1, 0.15) is 4.90 Å². The standard InChI is InChI=1S/C17H25N3O5S2/c1-4-25-17(22)13-7-9-20(10-8-13)16(21)12-26-15-6-5-14(11-18-15)27(23,24)19(2)3/h5-6,11,13H,4,7-10,12H2,1-3H3. The first-order valence-electron chi connectivity index (χ1n) is 8.71. The molecular formula is C17H25N3O5S2. The van der Waals surface area contributed by atoms with E-state index in [9.17, 15) is 18.0 Å². The third-order valence-corrected chi connectivity index (χ3v) is 7.03. The minimum absolute atomic E-state index is 0.0194. The molecule has 0 aliphatic carbocycles. The Morgan fingerprint density at radius 3 is 2.48 bits per heavy atom. The van der Waals surface area contributed by atoms with Crippen LogP contribution in [0.2, 0.25) is 0 Å². The van der Waals surface area contributed by atoms with Gasteiger partial charge in [0.05, 0.1) is 23.3 Å². The number of nitrogens with zero attached hydrogens (tertiary/aromatic N) is 3. The Kier molecular flexibility index (Phi) is 7.63. The fourth-order valence-corrected chi connectivity index (χ4v) is 4.26. The third kappa shape index (κ3) is 5.66. The Bertz CT molecular complexity index is 757. The maximum atomic E-state index is 12.3. The molecule has 0 N–H and O–H groups in total. The van der Waals surface area contributed by atoms with Crippen LogP contribution in [0, 0.1) is 5.92 Å². The monoisotopic (exact) mass is 415 g/mol. The van der Waals surface area contributed by atoms with Crippen LogP contribution in [0.5, 0.6) is 0 Å². The van der Waals surface area contributed by atoms with Gasteiger partial charge in [-0.2, -0.15) is 0 Å². The van der Waals surface area contributed by atoms with Crippen molar-refractivity contribution in [3.8, 4) is 0 Å². The number of amides is 1. The molecule has 8 nitrogen and oxygen atoms in total. The average molecular weight is 416 g/mol. The number of thioether (sulfide) groups is 1. The highest BCUT2D eigenvalue weighted by Crippen LogP contribution is 2.22. The summed E-state index contributed by atoms with van der Waals surface area (Å²) < 4.78 is 30.2. The minimum Gasteiger partial charge on any atom is -0.466 e. The second kappa shape index (κ2) is 9.52. The first kappa shape index (κ1) is 21.6. The minimum atomic E-state index is -3.51. The van der Waals surface area contributed by atoms with Gasteiger partial charge in [0.15, 0.2) is 0 Å². The van der Waals surface area contributed by atoms with E-state index >= 15 is 0 Å². The van der Waals surface area contributed by atoms with Crippen LogP contribution in [0.25, 0.3) is 0 Å². The summed E-state index contributed by atoms with van der Waals surface area (Å²) in [7, 11) is -0.590. The van der Waals surface area contributed by atoms with E-state index in [1.807, 2.05) is 0 Å². The quantitative estimate of drug-likeness (QED) is 0.488. The Morgan fingerprint density at radius 1 is 1.30 bits per heavy atom. The number of pyridine rings is 1. The summed E-state index contributed by atoms with van der Waals surface area (Å²) in [6.45, 7) is 3.23. The maximum absolute atomic E-state index is 12.3. The molecule has 0 atom stereocenters. The molecule has 1 fully saturated rings. The van der Waals surface area contributed by atoms with Crippen LogP contribution in [0.3, 0.4) is 0 Å². The van der Waals surface area contributed by atoms with E-state index in [1.54, 1.807) is 17.9 Å². The van der Waals surface area contributed by atoms with Gasteiger partial charge in [-0.15, -0.1) is 0 Å². The summed E-state index contributed by atoms with van der Waals surface area (Å²) in [6.07, 6.45) is 2.53. The largest absolute Gasteiger partial charge is 0.466 e. The van der Waals surface area contributed by atoms with Crippen molar-refractivity contribution in [2.75, 3.05) is 39.5 Å². The Balaban J connectivity index is 1.83. The smallest absolute Gasteiger partial charge is 0.309 e. The van der Waals surface area contributed by atoms with E-state index in [1.165, 1.54) is 38.1 Å². The van der Waals surface area contributed by atoms with Crippen molar-refractivity contribution in [1.29, 1.82) is 0 Å². The van der Waals surface area contributed by atoms with Crippen molar-refractivity contribution in [2.45, 2.75) is 29.7 Å². The fraction of sp³-hybridized carbons (Fsp3) is 0.588. The number of hydrogen-bond donors (Lipinski definition) is 0. The summed E-state index contributed by atoms with van der Waals surface area (Å²) in [5.74, 6) is -0.115. The molecule has 27 heavy (non-hydrogen) atoms. The van der Waals surface area contributed by atoms with E-state index in [-0.39, 0.29) is 28.4 Å². The van der Waals surface area contributed by atoms with Crippen molar-refractivity contribution in [3.05, 3.63) is 18.3 Å². The van der Waals surface area contributed by atoms with E-state index in [4.69, 9.17) is 4.74 Å². The maximum Gasteiger partial charge on any atom is 0.309 e. The number of rotatable bonds is 7. The molecular weight excluding hydrogens is 390 g/mol. The van der Waals surface area contributed by atoms with Crippen LogP contribution >= 0.6 is 11.8 Å². The van der Waals surface area contributed by atoms with Crippen molar-refractivity contribution in [1.82, 2.24) is 14.2 Å². The summed E-state index contributed by atoms with van der Waals surface area (Å²) in [5, 5.41) is 0.586. The molecule has 1 aliphatic rings. The number of aromatic nitrogens is 1. The van der Waals surface area contributed by atoms with Crippen molar-refractivity contribution in [2.24, 2.45) is 5.92 Å². The summed E-state index contributed by atoms with van der Waals surface area (Å²) in [4.78, 5) is 30.1. The van der Waals surface area contributed by atoms with Gasteiger partial charge in [-0.05, 0) is 31.9 Å². The highest BCUT2D eigenvalue weighted by atomic mass is 32.2. The van der Waals surface area contributed by atoms with Gasteiger partial charge in [-0.1, -0.05) is 11.8 Å². The number of hydrogen-bond acceptors (Lipinski definition) is 7. The van der Waals surface area contributed by atoms with Crippen LogP contribution < -0.4 is 0 Å². The number of carbonyl (C=O) groups excluding carboxylic acids is 2. The van der Waals surface area contributed by atoms with Gasteiger partial charge in [-0.3, -0.25) is 9.59 Å². The van der Waals surface area contributed by atoms with Gasteiger partial charge < -0.3 is 9.64 Å². The van der Waals surface area contributed by atoms with Crippen LogP contribution in [0.15, 0.2) is 28.3 Å². The highest BCUT2D eigenvalue weighted by Gasteiger charge is 2.28. The van der Waals surface area contributed by atoms with Crippen LogP contribution in [0.1, 0.15) is 19.8 Å². The van der Waals surface area contributed by atoms with Crippen LogP contribution in [0.4, 0.5) is 0 Å². The third-order valence-electron chi connectivity index (χ3n) is 4.30. The predicted octanol–water partition coefficient (Wildman–Crippen LogP) is 1.23. The molecule has 0 spiro atoms. The van der Waals surface area contributed by atoms with Gasteiger partial charge in [-0.25, -0.2) is 17.7 Å². The molecule has 0 radical (unpaired) electrons. The molecule has 2 rings (SSSR count). The Hall–Kier alpha value is -1.65. The number of sulfonamides is 1. The van der Waals surface area contributed by atoms with E-state index in [0.29, 0.717) is 37.6 Å². The topological polar surface area (TPSA) is 96.9 Å². The molecule has 1 aliphatic heterocycles. The molecule has 1 saturated heterocycles. The lowest BCUT2D eigenvalue weighted by molar-refractivity contribution is -0.151. The molecule has 2 heterocycles. The number of ether oxygens (including phenoxy) is 1. The number of likely N-dealkylation sites (tertiary alicyclic amines) is 1. The zero-order chi connectivity index (χ0) is 20.0. The summed E-state index contributed by atoms with van der Waals surface area (Å²) in [5.41, 5.74) is 0. The average Bonchev–Trinajstić information content (AvgIpc) is 2.66. The Labute approximate surface area is 164 Å². The van der Waals surface area contributed by atoms with Gasteiger partial charge in [0.2, 0.25) is 15.9 Å². The van der Waals surface area contributed by atoms with Crippen LogP contribution in [-0.2, 0) is 24.3 Å². The SMILES string of the molecule is CCOC(=O)C1CCN(C(=O)CSc2ccc(S(=O)(=O)N(C)C)cn2)CC1. The predicted molar refractivity (Wildman–Crippen MR) is 102 cm³/mol. The summed E-state index contributed by atoms with van der Waals surface area (Å²) in [6, 6.07) is 3.08. The molecule has 0 saturated carbocycles. The van der Waals surface area contributed by atoms with E-state index in [2.05, 4.69) is 4.98 Å². The second-order valence-electron chi connectivity index (χ2n) is 6.32. The number of piperidine rings is 1. The zero-order valence-corrected chi connectivity index (χ0v) is 17.4. The lowest BCUT2D eigenvalue weighted by atomic mass is 9.97. The van der Waals surface area contributed by atoms with Gasteiger partial charge in [0.25, 0.3) is 0 Å². The molecule has 10 heteroatoms. The zero-order valence-electron chi connectivity index (χ0n) is 15.8. The van der Waals surface area contributed by atoms with Crippen molar-refractivity contribution in [3.63, 3.8) is 0 Å². The molecule has 1 aromatic heterocycles. The number of carbonyl (C=O) groups is 2. The lowest BCUT2D eigenvalue weighted by Gasteiger charge is -2.30. The molecule has 0 bridgehead atoms. The normalized spacial score (nSPS) is 15.8. The van der Waals surface area contributed by atoms with Crippen molar-refractivity contribution >= 4 is 33.7 Å². The second-order valence-corrected chi connectivity index (χ2v) is 9.46. The van der Waals surface area contributed by atoms with Gasteiger partial charge in [0, 0.05) is 33.4 Å². The van der Waals surface area contributed by atoms with E-state index in [0.717, 1.165) is 4.31 Å². The van der Waals surface area contributed by atoms with Crippen LogP contribution in [-0.4, -0.2) is 74.0 Å². The molecule has 0 aromatic carbocycles. The highest BCUT2D eigenvalue weighted by molar-refractivity contribution is 7.99. The summed E-state index contributed by atoms with van der Waals surface area (Å²) >= 11 is 1.26. The molecule has 1 amide bonds. The fourth-order valence-electron chi connectivity index (χ4n) is 2.67.